The second-order valence-electron chi connectivity index (χ2n) is 5.56. The van der Waals surface area contributed by atoms with E-state index in [1.165, 1.54) is 36.5 Å². The summed E-state index contributed by atoms with van der Waals surface area (Å²) in [5.41, 5.74) is 0. The van der Waals surface area contributed by atoms with E-state index in [4.69, 9.17) is 0 Å². The van der Waals surface area contributed by atoms with Crippen LogP contribution in [0.4, 0.5) is 15.4 Å². The molecule has 1 atom stereocenters. The molecule has 128 valence electrons. The van der Waals surface area contributed by atoms with Crippen molar-refractivity contribution in [1.29, 1.82) is 0 Å². The van der Waals surface area contributed by atoms with Crippen molar-refractivity contribution in [2.24, 2.45) is 5.92 Å². The molecule has 2 aromatic heterocycles. The van der Waals surface area contributed by atoms with Crippen molar-refractivity contribution in [2.45, 2.75) is 26.7 Å². The first-order valence-electron chi connectivity index (χ1n) is 7.45. The minimum Gasteiger partial charge on any atom is -0.346 e. The summed E-state index contributed by atoms with van der Waals surface area (Å²) in [5.74, 6) is 0.162. The van der Waals surface area contributed by atoms with Crippen LogP contribution in [-0.2, 0) is 16.0 Å². The quantitative estimate of drug-likeness (QED) is 0.820. The summed E-state index contributed by atoms with van der Waals surface area (Å²) in [5, 5.41) is 24.3. The van der Waals surface area contributed by atoms with E-state index in [0.29, 0.717) is 16.2 Å². The zero-order chi connectivity index (χ0) is 17.1. The number of nitrogens with one attached hydrogen (secondary N) is 2. The summed E-state index contributed by atoms with van der Waals surface area (Å²) in [4.78, 5) is 24.2. The Hall–Kier alpha value is -2.14. The first kappa shape index (κ1) is 16.7. The first-order chi connectivity index (χ1) is 11.5. The minimum atomic E-state index is -0.150. The molecule has 2 amide bonds. The third-order valence-corrected chi connectivity index (χ3v) is 5.23. The smallest absolute Gasteiger partial charge is 0.223 e. The Kier molecular flexibility index (Phi) is 5.00. The highest BCUT2D eigenvalue weighted by atomic mass is 32.1. The van der Waals surface area contributed by atoms with Crippen molar-refractivity contribution >= 4 is 49.9 Å². The molecule has 1 saturated heterocycles. The molecule has 2 aromatic rings. The van der Waals surface area contributed by atoms with Crippen LogP contribution in [0.3, 0.4) is 0 Å². The van der Waals surface area contributed by atoms with E-state index in [2.05, 4.69) is 35.9 Å². The first-order valence-corrected chi connectivity index (χ1v) is 9.09. The molecule has 0 bridgehead atoms. The van der Waals surface area contributed by atoms with E-state index < -0.39 is 0 Å². The summed E-state index contributed by atoms with van der Waals surface area (Å²) in [7, 11) is 0. The zero-order valence-electron chi connectivity index (χ0n) is 13.3. The molecule has 0 aromatic carbocycles. The minimum absolute atomic E-state index is 0.143. The van der Waals surface area contributed by atoms with Crippen molar-refractivity contribution in [2.75, 3.05) is 28.6 Å². The number of nitrogens with zero attached hydrogens (tertiary/aromatic N) is 5. The van der Waals surface area contributed by atoms with Gasteiger partial charge < -0.3 is 15.5 Å². The molecule has 3 heterocycles. The van der Waals surface area contributed by atoms with Crippen LogP contribution >= 0.6 is 22.7 Å². The van der Waals surface area contributed by atoms with Crippen LogP contribution in [0.2, 0.25) is 0 Å². The molecule has 1 fully saturated rings. The van der Waals surface area contributed by atoms with Crippen LogP contribution in [0.15, 0.2) is 0 Å². The van der Waals surface area contributed by atoms with Gasteiger partial charge in [-0.1, -0.05) is 22.7 Å². The topological polar surface area (TPSA) is 113 Å². The Bertz CT molecular complexity index is 744. The molecule has 0 unspecified atom stereocenters. The monoisotopic (exact) mass is 367 g/mol. The van der Waals surface area contributed by atoms with Gasteiger partial charge in [-0.05, 0) is 12.3 Å². The molecule has 9 nitrogen and oxygen atoms in total. The van der Waals surface area contributed by atoms with Gasteiger partial charge in [-0.3, -0.25) is 9.59 Å². The summed E-state index contributed by atoms with van der Waals surface area (Å²) in [6.07, 6.45) is 1.86. The summed E-state index contributed by atoms with van der Waals surface area (Å²) < 4.78 is 0. The average Bonchev–Trinajstić information content (AvgIpc) is 3.19. The van der Waals surface area contributed by atoms with Gasteiger partial charge in [0.25, 0.3) is 0 Å². The van der Waals surface area contributed by atoms with Crippen LogP contribution in [0, 0.1) is 5.92 Å². The number of carbonyl (C=O) groups excluding carboxylic acids is 2. The summed E-state index contributed by atoms with van der Waals surface area (Å²) in [6.45, 7) is 4.66. The van der Waals surface area contributed by atoms with Gasteiger partial charge >= 0.3 is 0 Å². The van der Waals surface area contributed by atoms with Gasteiger partial charge in [0.2, 0.25) is 27.2 Å². The van der Waals surface area contributed by atoms with Crippen molar-refractivity contribution in [3.8, 4) is 0 Å². The second-order valence-corrected chi connectivity index (χ2v) is 7.58. The number of carbonyl (C=O) groups is 2. The van der Waals surface area contributed by atoms with Crippen molar-refractivity contribution < 1.29 is 9.59 Å². The van der Waals surface area contributed by atoms with Gasteiger partial charge in [0.05, 0.1) is 0 Å². The van der Waals surface area contributed by atoms with E-state index in [1.54, 1.807) is 0 Å². The Balaban J connectivity index is 1.55. The highest BCUT2D eigenvalue weighted by Crippen LogP contribution is 2.31. The Morgan fingerprint density at radius 3 is 2.46 bits per heavy atom. The lowest BCUT2D eigenvalue weighted by Crippen LogP contribution is -2.20. The molecule has 11 heteroatoms. The van der Waals surface area contributed by atoms with Crippen LogP contribution in [0.25, 0.3) is 0 Å². The zero-order valence-corrected chi connectivity index (χ0v) is 14.9. The molecule has 3 rings (SSSR count). The average molecular weight is 367 g/mol. The fourth-order valence-corrected chi connectivity index (χ4v) is 4.23. The third-order valence-electron chi connectivity index (χ3n) is 3.47. The number of aromatic nitrogens is 4. The normalized spacial score (nSPS) is 17.1. The molecule has 1 aliphatic rings. The van der Waals surface area contributed by atoms with Crippen molar-refractivity contribution in [1.82, 2.24) is 20.4 Å². The molecule has 24 heavy (non-hydrogen) atoms. The Morgan fingerprint density at radius 2 is 1.75 bits per heavy atom. The third kappa shape index (κ3) is 4.23. The second kappa shape index (κ2) is 7.18. The number of anilines is 3. The highest BCUT2D eigenvalue weighted by Gasteiger charge is 2.26. The number of hydrogen-bond acceptors (Lipinski definition) is 9. The molecule has 1 aliphatic heterocycles. The van der Waals surface area contributed by atoms with Crippen LogP contribution in [0.1, 0.15) is 25.3 Å². The van der Waals surface area contributed by atoms with E-state index in [1.807, 2.05) is 0 Å². The number of amides is 2. The molecule has 0 aliphatic carbocycles. The lowest BCUT2D eigenvalue weighted by molar-refractivity contribution is -0.115. The maximum Gasteiger partial charge on any atom is 0.223 e. The van der Waals surface area contributed by atoms with E-state index >= 15 is 0 Å². The number of rotatable bonds is 5. The van der Waals surface area contributed by atoms with Crippen molar-refractivity contribution in [3.63, 3.8) is 0 Å². The molecular weight excluding hydrogens is 350 g/mol. The van der Waals surface area contributed by atoms with Gasteiger partial charge in [-0.2, -0.15) is 0 Å². The van der Waals surface area contributed by atoms with E-state index in [-0.39, 0.29) is 11.8 Å². The molecule has 0 spiro atoms. The predicted molar refractivity (Wildman–Crippen MR) is 92.4 cm³/mol. The lowest BCUT2D eigenvalue weighted by atomic mass is 10.1. The predicted octanol–water partition coefficient (Wildman–Crippen LogP) is 1.38. The van der Waals surface area contributed by atoms with Gasteiger partial charge in [-0.25, -0.2) is 0 Å². The van der Waals surface area contributed by atoms with Crippen LogP contribution < -0.4 is 15.5 Å². The van der Waals surface area contributed by atoms with Gasteiger partial charge in [-0.15, -0.1) is 20.4 Å². The highest BCUT2D eigenvalue weighted by molar-refractivity contribution is 7.19. The van der Waals surface area contributed by atoms with E-state index in [0.717, 1.165) is 36.1 Å². The molecule has 0 saturated carbocycles. The van der Waals surface area contributed by atoms with Crippen LogP contribution in [-0.4, -0.2) is 45.3 Å². The van der Waals surface area contributed by atoms with Gasteiger partial charge in [0.1, 0.15) is 5.01 Å². The fourth-order valence-electron chi connectivity index (χ4n) is 2.50. The molecule has 2 N–H and O–H groups in total. The Morgan fingerprint density at radius 1 is 1.08 bits per heavy atom. The fraction of sp³-hybridized carbons (Fsp3) is 0.538. The molecular formula is C13H17N7O2S2. The summed E-state index contributed by atoms with van der Waals surface area (Å²) in [6, 6.07) is 0. The maximum atomic E-state index is 11.0. The maximum absolute atomic E-state index is 11.0. The van der Waals surface area contributed by atoms with Crippen LogP contribution in [0.5, 0.6) is 0 Å². The SMILES string of the molecule is CC(=O)Nc1nnc(C[C@H]2CCN(c3nnc(NC(C)=O)s3)C2)s1. The van der Waals surface area contributed by atoms with Gasteiger partial charge in [0, 0.05) is 33.4 Å². The summed E-state index contributed by atoms with van der Waals surface area (Å²) >= 11 is 2.79. The number of hydrogen-bond donors (Lipinski definition) is 2. The van der Waals surface area contributed by atoms with Gasteiger partial charge in [0.15, 0.2) is 0 Å². The van der Waals surface area contributed by atoms with E-state index in [9.17, 15) is 9.59 Å². The molecule has 0 radical (unpaired) electrons. The largest absolute Gasteiger partial charge is 0.346 e. The van der Waals surface area contributed by atoms with Crippen molar-refractivity contribution in [3.05, 3.63) is 5.01 Å². The standard InChI is InChI=1S/C13H17N7O2S2/c1-7(21)14-11-17-16-10(23-11)5-9-3-4-20(6-9)13-19-18-12(24-13)15-8(2)22/h9H,3-6H2,1-2H3,(H,14,17,21)(H,15,18,22)/t9-/m1/s1. The Labute approximate surface area is 146 Å². The lowest BCUT2D eigenvalue weighted by Gasteiger charge is -2.13.